The van der Waals surface area contributed by atoms with Crippen LogP contribution >= 0.6 is 0 Å². The van der Waals surface area contributed by atoms with Crippen LogP contribution in [-0.4, -0.2) is 69.1 Å². The zero-order valence-corrected chi connectivity index (χ0v) is 10.8. The number of nitrogens with one attached hydrogen (secondary N) is 1. The summed E-state index contributed by atoms with van der Waals surface area (Å²) in [4.78, 5) is 13.5. The molecule has 0 bridgehead atoms. The number of alkyl halides is 3. The van der Waals surface area contributed by atoms with Gasteiger partial charge in [-0.25, -0.2) is 0 Å². The van der Waals surface area contributed by atoms with Gasteiger partial charge in [0.25, 0.3) is 0 Å². The molecule has 0 saturated carbocycles. The van der Waals surface area contributed by atoms with Crippen LogP contribution in [0.15, 0.2) is 0 Å². The predicted octanol–water partition coefficient (Wildman–Crippen LogP) is 0.402. The summed E-state index contributed by atoms with van der Waals surface area (Å²) >= 11 is 0. The Morgan fingerprint density at radius 1 is 1.47 bits per heavy atom. The van der Waals surface area contributed by atoms with Gasteiger partial charge in [-0.1, -0.05) is 0 Å². The van der Waals surface area contributed by atoms with Crippen molar-refractivity contribution in [1.82, 2.24) is 10.2 Å². The predicted molar refractivity (Wildman–Crippen MR) is 61.7 cm³/mol. The van der Waals surface area contributed by atoms with E-state index in [1.165, 1.54) is 0 Å². The van der Waals surface area contributed by atoms with E-state index < -0.39 is 18.8 Å². The molecule has 0 aromatic heterocycles. The van der Waals surface area contributed by atoms with E-state index in [-0.39, 0.29) is 25.7 Å². The molecule has 0 aromatic rings. The second-order valence-corrected chi connectivity index (χ2v) is 4.18. The Hall–Kier alpha value is -0.860. The van der Waals surface area contributed by atoms with E-state index in [0.717, 1.165) is 0 Å². The van der Waals surface area contributed by atoms with E-state index >= 15 is 0 Å². The summed E-state index contributed by atoms with van der Waals surface area (Å²) in [6.07, 6.45) is -4.32. The first kappa shape index (κ1) is 16.2. The fraction of sp³-hybridized carbons (Fsp3) is 0.909. The molecule has 19 heavy (non-hydrogen) atoms. The van der Waals surface area contributed by atoms with Gasteiger partial charge in [0.2, 0.25) is 0 Å². The fourth-order valence-electron chi connectivity index (χ4n) is 1.85. The summed E-state index contributed by atoms with van der Waals surface area (Å²) in [6, 6.07) is -0.455. The average Bonchev–Trinajstić information content (AvgIpc) is 2.34. The standard InChI is InChI=1S/C11H19F3N2O3/c1-2-19-10(17)9-7-15-3-4-16(9)5-6-18-8-11(12,13)14/h9,15H,2-8H2,1H3. The Labute approximate surface area is 110 Å². The number of rotatable bonds is 6. The van der Waals surface area contributed by atoms with Gasteiger partial charge in [-0.2, -0.15) is 13.2 Å². The van der Waals surface area contributed by atoms with Crippen LogP contribution in [0.5, 0.6) is 0 Å². The van der Waals surface area contributed by atoms with Crippen LogP contribution in [-0.2, 0) is 14.3 Å². The van der Waals surface area contributed by atoms with E-state index in [1.54, 1.807) is 11.8 Å². The number of halogens is 3. The van der Waals surface area contributed by atoms with Gasteiger partial charge in [0, 0.05) is 26.2 Å². The molecular formula is C11H19F3N2O3. The summed E-state index contributed by atoms with van der Waals surface area (Å²) in [5, 5.41) is 3.06. The highest BCUT2D eigenvalue weighted by Gasteiger charge is 2.30. The van der Waals surface area contributed by atoms with Crippen LogP contribution in [0.4, 0.5) is 13.2 Å². The van der Waals surface area contributed by atoms with E-state index in [2.05, 4.69) is 10.1 Å². The third kappa shape index (κ3) is 6.22. The zero-order chi connectivity index (χ0) is 14.3. The molecule has 0 spiro atoms. The molecule has 1 aliphatic rings. The van der Waals surface area contributed by atoms with Gasteiger partial charge in [0.05, 0.1) is 13.2 Å². The van der Waals surface area contributed by atoms with E-state index in [1.807, 2.05) is 0 Å². The highest BCUT2D eigenvalue weighted by Crippen LogP contribution is 2.14. The van der Waals surface area contributed by atoms with Crippen LogP contribution in [0.1, 0.15) is 6.92 Å². The Bertz CT molecular complexity index is 287. The first-order chi connectivity index (χ1) is 8.94. The van der Waals surface area contributed by atoms with Crippen molar-refractivity contribution in [2.75, 3.05) is 46.0 Å². The van der Waals surface area contributed by atoms with Gasteiger partial charge < -0.3 is 14.8 Å². The molecule has 1 rings (SSSR count). The topological polar surface area (TPSA) is 50.8 Å². The molecule has 0 aromatic carbocycles. The number of hydrogen-bond donors (Lipinski definition) is 1. The molecule has 5 nitrogen and oxygen atoms in total. The first-order valence-electron chi connectivity index (χ1n) is 6.20. The number of ether oxygens (including phenoxy) is 2. The quantitative estimate of drug-likeness (QED) is 0.565. The molecule has 1 atom stereocenters. The smallest absolute Gasteiger partial charge is 0.411 e. The van der Waals surface area contributed by atoms with Crippen molar-refractivity contribution in [1.29, 1.82) is 0 Å². The highest BCUT2D eigenvalue weighted by atomic mass is 19.4. The third-order valence-corrected chi connectivity index (χ3v) is 2.70. The minimum absolute atomic E-state index is 0.0601. The second kappa shape index (κ2) is 7.66. The van der Waals surface area contributed by atoms with Crippen molar-refractivity contribution in [3.63, 3.8) is 0 Å². The molecule has 0 aliphatic carbocycles. The number of carbonyl (C=O) groups is 1. The van der Waals surface area contributed by atoms with E-state index in [9.17, 15) is 18.0 Å². The number of piperazine rings is 1. The number of esters is 1. The normalized spacial score (nSPS) is 21.4. The van der Waals surface area contributed by atoms with Crippen LogP contribution in [0.25, 0.3) is 0 Å². The first-order valence-corrected chi connectivity index (χ1v) is 6.20. The monoisotopic (exact) mass is 284 g/mol. The van der Waals surface area contributed by atoms with Crippen molar-refractivity contribution in [2.24, 2.45) is 0 Å². The molecule has 8 heteroatoms. The Morgan fingerprint density at radius 3 is 2.84 bits per heavy atom. The van der Waals surface area contributed by atoms with Gasteiger partial charge in [-0.05, 0) is 6.92 Å². The molecule has 0 amide bonds. The summed E-state index contributed by atoms with van der Waals surface area (Å²) in [5.74, 6) is -0.356. The lowest BCUT2D eigenvalue weighted by atomic mass is 10.2. The van der Waals surface area contributed by atoms with Gasteiger partial charge >= 0.3 is 12.1 Å². The molecule has 0 radical (unpaired) electrons. The third-order valence-electron chi connectivity index (χ3n) is 2.70. The fourth-order valence-corrected chi connectivity index (χ4v) is 1.85. The lowest BCUT2D eigenvalue weighted by Gasteiger charge is -2.34. The largest absolute Gasteiger partial charge is 0.465 e. The SMILES string of the molecule is CCOC(=O)C1CNCCN1CCOCC(F)(F)F. The molecule has 1 unspecified atom stereocenters. The summed E-state index contributed by atoms with van der Waals surface area (Å²) in [7, 11) is 0. The van der Waals surface area contributed by atoms with E-state index in [0.29, 0.717) is 19.6 Å². The molecule has 1 saturated heterocycles. The van der Waals surface area contributed by atoms with Crippen molar-refractivity contribution in [3.8, 4) is 0 Å². The molecule has 112 valence electrons. The second-order valence-electron chi connectivity index (χ2n) is 4.18. The lowest BCUT2D eigenvalue weighted by Crippen LogP contribution is -2.56. The average molecular weight is 284 g/mol. The maximum atomic E-state index is 11.9. The minimum atomic E-state index is -4.32. The number of nitrogens with zero attached hydrogens (tertiary/aromatic N) is 1. The highest BCUT2D eigenvalue weighted by molar-refractivity contribution is 5.76. The van der Waals surface area contributed by atoms with Crippen LogP contribution < -0.4 is 5.32 Å². The Balaban J connectivity index is 2.34. The summed E-state index contributed by atoms with van der Waals surface area (Å²) in [5.41, 5.74) is 0. The molecular weight excluding hydrogens is 265 g/mol. The van der Waals surface area contributed by atoms with Crippen molar-refractivity contribution in [2.45, 2.75) is 19.1 Å². The van der Waals surface area contributed by atoms with E-state index in [4.69, 9.17) is 4.74 Å². The minimum Gasteiger partial charge on any atom is -0.465 e. The Kier molecular flexibility index (Phi) is 6.53. The van der Waals surface area contributed by atoms with Crippen molar-refractivity contribution in [3.05, 3.63) is 0 Å². The molecule has 1 aliphatic heterocycles. The summed E-state index contributed by atoms with van der Waals surface area (Å²) in [6.45, 7) is 2.67. The number of carbonyl (C=O) groups excluding carboxylic acids is 1. The van der Waals surface area contributed by atoms with Crippen LogP contribution in [0, 0.1) is 0 Å². The summed E-state index contributed by atoms with van der Waals surface area (Å²) < 4.78 is 45.2. The molecule has 1 N–H and O–H groups in total. The van der Waals surface area contributed by atoms with Crippen molar-refractivity contribution >= 4 is 5.97 Å². The zero-order valence-electron chi connectivity index (χ0n) is 10.8. The molecule has 1 fully saturated rings. The Morgan fingerprint density at radius 2 is 2.21 bits per heavy atom. The lowest BCUT2D eigenvalue weighted by molar-refractivity contribution is -0.175. The van der Waals surface area contributed by atoms with Crippen LogP contribution in [0.2, 0.25) is 0 Å². The molecule has 1 heterocycles. The van der Waals surface area contributed by atoms with Gasteiger partial charge in [-0.3, -0.25) is 9.69 Å². The van der Waals surface area contributed by atoms with Crippen LogP contribution in [0.3, 0.4) is 0 Å². The maximum absolute atomic E-state index is 11.9. The maximum Gasteiger partial charge on any atom is 0.411 e. The van der Waals surface area contributed by atoms with Crippen molar-refractivity contribution < 1.29 is 27.4 Å². The number of hydrogen-bond acceptors (Lipinski definition) is 5. The van der Waals surface area contributed by atoms with Gasteiger partial charge in [-0.15, -0.1) is 0 Å². The van der Waals surface area contributed by atoms with Gasteiger partial charge in [0.1, 0.15) is 12.6 Å². The van der Waals surface area contributed by atoms with Gasteiger partial charge in [0.15, 0.2) is 0 Å².